The molecule has 0 spiro atoms. The van der Waals surface area contributed by atoms with Crippen LogP contribution in [0.15, 0.2) is 42.5 Å². The second-order valence-electron chi connectivity index (χ2n) is 4.47. The lowest BCUT2D eigenvalue weighted by Crippen LogP contribution is -2.25. The van der Waals surface area contributed by atoms with Crippen molar-refractivity contribution >= 4 is 23.4 Å². The van der Waals surface area contributed by atoms with E-state index in [0.29, 0.717) is 27.3 Å². The zero-order valence-electron chi connectivity index (χ0n) is 10.9. The molecular formula is C16H12ClO3-. The Labute approximate surface area is 121 Å². The molecule has 0 heterocycles. The van der Waals surface area contributed by atoms with Crippen LogP contribution in [0.5, 0.6) is 0 Å². The third-order valence-electron chi connectivity index (χ3n) is 3.13. The Morgan fingerprint density at radius 1 is 1.10 bits per heavy atom. The zero-order chi connectivity index (χ0) is 14.7. The number of carbonyl (C=O) groups excluding carboxylic acids is 2. The molecule has 2 rings (SSSR count). The first-order valence-electron chi connectivity index (χ1n) is 6.07. The summed E-state index contributed by atoms with van der Waals surface area (Å²) in [5.41, 5.74) is 2.26. The van der Waals surface area contributed by atoms with Gasteiger partial charge in [-0.15, -0.1) is 0 Å². The Bertz CT molecular complexity index is 660. The van der Waals surface area contributed by atoms with Gasteiger partial charge in [0.05, 0.1) is 0 Å². The SMILES string of the molecule is Cc1c(CC(=O)[O-])cccc1C(=O)c1ccc(Cl)cc1. The Morgan fingerprint density at radius 2 is 1.75 bits per heavy atom. The molecule has 0 unspecified atom stereocenters. The maximum atomic E-state index is 12.4. The quantitative estimate of drug-likeness (QED) is 0.810. The molecular weight excluding hydrogens is 276 g/mol. The van der Waals surface area contributed by atoms with Crippen LogP contribution in [0.25, 0.3) is 0 Å². The van der Waals surface area contributed by atoms with Gasteiger partial charge < -0.3 is 9.90 Å². The minimum Gasteiger partial charge on any atom is -0.550 e. The van der Waals surface area contributed by atoms with Gasteiger partial charge in [0.15, 0.2) is 5.78 Å². The molecule has 0 bridgehead atoms. The van der Waals surface area contributed by atoms with Crippen molar-refractivity contribution in [3.05, 3.63) is 69.7 Å². The summed E-state index contributed by atoms with van der Waals surface area (Å²) in [6.45, 7) is 1.74. The van der Waals surface area contributed by atoms with Crippen LogP contribution >= 0.6 is 11.6 Å². The number of carboxylic acids is 1. The molecule has 0 N–H and O–H groups in total. The molecule has 0 amide bonds. The molecule has 0 aliphatic rings. The molecule has 20 heavy (non-hydrogen) atoms. The highest BCUT2D eigenvalue weighted by molar-refractivity contribution is 6.30. The molecule has 0 fully saturated rings. The van der Waals surface area contributed by atoms with Crippen LogP contribution in [-0.2, 0) is 11.2 Å². The van der Waals surface area contributed by atoms with Crippen LogP contribution in [0, 0.1) is 6.92 Å². The summed E-state index contributed by atoms with van der Waals surface area (Å²) in [4.78, 5) is 23.1. The molecule has 2 aromatic carbocycles. The lowest BCUT2D eigenvalue weighted by molar-refractivity contribution is -0.304. The minimum absolute atomic E-state index is 0.153. The van der Waals surface area contributed by atoms with E-state index in [9.17, 15) is 14.7 Å². The molecule has 0 saturated heterocycles. The third-order valence-corrected chi connectivity index (χ3v) is 3.38. The second kappa shape index (κ2) is 5.88. The van der Waals surface area contributed by atoms with Gasteiger partial charge in [-0.2, -0.15) is 0 Å². The number of hydrogen-bond acceptors (Lipinski definition) is 3. The van der Waals surface area contributed by atoms with Crippen molar-refractivity contribution in [1.82, 2.24) is 0 Å². The van der Waals surface area contributed by atoms with Crippen molar-refractivity contribution < 1.29 is 14.7 Å². The van der Waals surface area contributed by atoms with E-state index in [0.717, 1.165) is 0 Å². The van der Waals surface area contributed by atoms with Gasteiger partial charge in [-0.1, -0.05) is 29.8 Å². The molecule has 0 saturated carbocycles. The lowest BCUT2D eigenvalue weighted by atomic mass is 9.94. The van der Waals surface area contributed by atoms with Gasteiger partial charge in [-0.3, -0.25) is 4.79 Å². The van der Waals surface area contributed by atoms with Crippen LogP contribution < -0.4 is 5.11 Å². The summed E-state index contributed by atoms with van der Waals surface area (Å²) in [7, 11) is 0. The fourth-order valence-corrected chi connectivity index (χ4v) is 2.16. The fourth-order valence-electron chi connectivity index (χ4n) is 2.03. The first kappa shape index (κ1) is 14.3. The minimum atomic E-state index is -1.16. The predicted octanol–water partition coefficient (Wildman–Crippen LogP) is 2.17. The highest BCUT2D eigenvalue weighted by Crippen LogP contribution is 2.19. The average Bonchev–Trinajstić information content (AvgIpc) is 2.41. The highest BCUT2D eigenvalue weighted by atomic mass is 35.5. The van der Waals surface area contributed by atoms with Crippen molar-refractivity contribution in [3.8, 4) is 0 Å². The van der Waals surface area contributed by atoms with E-state index >= 15 is 0 Å². The normalized spacial score (nSPS) is 10.3. The summed E-state index contributed by atoms with van der Waals surface area (Å²) in [6, 6.07) is 11.6. The Kier molecular flexibility index (Phi) is 4.20. The van der Waals surface area contributed by atoms with E-state index in [4.69, 9.17) is 11.6 Å². The topological polar surface area (TPSA) is 57.2 Å². The van der Waals surface area contributed by atoms with Crippen molar-refractivity contribution in [1.29, 1.82) is 0 Å². The van der Waals surface area contributed by atoms with E-state index in [2.05, 4.69) is 0 Å². The van der Waals surface area contributed by atoms with E-state index in [1.54, 1.807) is 49.4 Å². The Morgan fingerprint density at radius 3 is 2.35 bits per heavy atom. The summed E-state index contributed by atoms with van der Waals surface area (Å²) in [5, 5.41) is 11.3. The smallest absolute Gasteiger partial charge is 0.193 e. The van der Waals surface area contributed by atoms with Gasteiger partial charge >= 0.3 is 0 Å². The first-order chi connectivity index (χ1) is 9.49. The van der Waals surface area contributed by atoms with Crippen molar-refractivity contribution in [2.24, 2.45) is 0 Å². The molecule has 2 aromatic rings. The Hall–Kier alpha value is -2.13. The molecule has 0 aliphatic carbocycles. The maximum Gasteiger partial charge on any atom is 0.193 e. The number of halogens is 1. The highest BCUT2D eigenvalue weighted by Gasteiger charge is 2.13. The van der Waals surface area contributed by atoms with Gasteiger partial charge in [0.25, 0.3) is 0 Å². The van der Waals surface area contributed by atoms with Crippen molar-refractivity contribution in [3.63, 3.8) is 0 Å². The first-order valence-corrected chi connectivity index (χ1v) is 6.45. The standard InChI is InChI=1S/C16H13ClO3/c1-10-12(9-15(18)19)3-2-4-14(10)16(20)11-5-7-13(17)8-6-11/h2-8H,9H2,1H3,(H,18,19)/p-1. The van der Waals surface area contributed by atoms with E-state index in [-0.39, 0.29) is 12.2 Å². The number of hydrogen-bond donors (Lipinski definition) is 0. The average molecular weight is 288 g/mol. The monoisotopic (exact) mass is 287 g/mol. The molecule has 102 valence electrons. The summed E-state index contributed by atoms with van der Waals surface area (Å²) in [5.74, 6) is -1.32. The summed E-state index contributed by atoms with van der Waals surface area (Å²) in [6.07, 6.45) is -0.201. The van der Waals surface area contributed by atoms with Crippen molar-refractivity contribution in [2.75, 3.05) is 0 Å². The summed E-state index contributed by atoms with van der Waals surface area (Å²) >= 11 is 5.79. The fraction of sp³-hybridized carbons (Fsp3) is 0.125. The predicted molar refractivity (Wildman–Crippen MR) is 74.8 cm³/mol. The van der Waals surface area contributed by atoms with Gasteiger partial charge in [-0.05, 0) is 42.3 Å². The van der Waals surface area contributed by atoms with Crippen LogP contribution in [0.4, 0.5) is 0 Å². The molecule has 0 atom stereocenters. The van der Waals surface area contributed by atoms with E-state index < -0.39 is 5.97 Å². The number of benzene rings is 2. The molecule has 3 nitrogen and oxygen atoms in total. The second-order valence-corrected chi connectivity index (χ2v) is 4.91. The van der Waals surface area contributed by atoms with Gasteiger partial charge in [0, 0.05) is 28.5 Å². The van der Waals surface area contributed by atoms with Crippen molar-refractivity contribution in [2.45, 2.75) is 13.3 Å². The van der Waals surface area contributed by atoms with Crippen LogP contribution in [0.2, 0.25) is 5.02 Å². The zero-order valence-corrected chi connectivity index (χ0v) is 11.6. The van der Waals surface area contributed by atoms with E-state index in [1.165, 1.54) is 0 Å². The van der Waals surface area contributed by atoms with E-state index in [1.807, 2.05) is 0 Å². The molecule has 4 heteroatoms. The summed E-state index contributed by atoms with van der Waals surface area (Å²) < 4.78 is 0. The van der Waals surface area contributed by atoms with Gasteiger partial charge in [0.2, 0.25) is 0 Å². The molecule has 0 radical (unpaired) electrons. The number of ketones is 1. The maximum absolute atomic E-state index is 12.4. The van der Waals surface area contributed by atoms with Crippen LogP contribution in [0.1, 0.15) is 27.0 Å². The van der Waals surface area contributed by atoms with Gasteiger partial charge in [0.1, 0.15) is 0 Å². The molecule has 0 aromatic heterocycles. The van der Waals surface area contributed by atoms with Crippen LogP contribution in [-0.4, -0.2) is 11.8 Å². The van der Waals surface area contributed by atoms with Gasteiger partial charge in [-0.25, -0.2) is 0 Å². The Balaban J connectivity index is 2.39. The number of aliphatic carboxylic acids is 1. The number of carbonyl (C=O) groups is 2. The number of rotatable bonds is 4. The largest absolute Gasteiger partial charge is 0.550 e. The van der Waals surface area contributed by atoms with Crippen LogP contribution in [0.3, 0.4) is 0 Å². The third kappa shape index (κ3) is 3.06. The number of carboxylic acid groups (broad SMARTS) is 1. The molecule has 0 aliphatic heterocycles. The lowest BCUT2D eigenvalue weighted by Gasteiger charge is -2.11.